The van der Waals surface area contributed by atoms with E-state index in [4.69, 9.17) is 10.7 Å². The van der Waals surface area contributed by atoms with Crippen molar-refractivity contribution in [3.05, 3.63) is 16.1 Å². The summed E-state index contributed by atoms with van der Waals surface area (Å²) < 4.78 is 0. The molecule has 0 aromatic carbocycles. The summed E-state index contributed by atoms with van der Waals surface area (Å²) in [5.74, 6) is 0. The molecular formula is C11H18N4S. The Balaban J connectivity index is 1.76. The van der Waals surface area contributed by atoms with Gasteiger partial charge in [-0.1, -0.05) is 0 Å². The number of nitrogens with two attached hydrogens (primary N) is 1. The third-order valence-corrected chi connectivity index (χ3v) is 4.53. The van der Waals surface area contributed by atoms with Crippen LogP contribution in [0, 0.1) is 0 Å². The van der Waals surface area contributed by atoms with E-state index in [-0.39, 0.29) is 0 Å². The first kappa shape index (κ1) is 10.7. The molecule has 0 saturated carbocycles. The summed E-state index contributed by atoms with van der Waals surface area (Å²) in [4.78, 5) is 9.84. The maximum absolute atomic E-state index is 5.55. The van der Waals surface area contributed by atoms with Gasteiger partial charge in [0, 0.05) is 44.5 Å². The van der Waals surface area contributed by atoms with E-state index in [1.54, 1.807) is 11.3 Å². The zero-order valence-electron chi connectivity index (χ0n) is 9.43. The van der Waals surface area contributed by atoms with Crippen molar-refractivity contribution in [3.8, 4) is 0 Å². The Hall–Kier alpha value is -0.490. The molecular weight excluding hydrogens is 220 g/mol. The Kier molecular flexibility index (Phi) is 2.93. The molecule has 88 valence electrons. The van der Waals surface area contributed by atoms with E-state index in [1.165, 1.54) is 36.9 Å². The smallest absolute Gasteiger partial charge is 0.111 e. The predicted molar refractivity (Wildman–Crippen MR) is 65.6 cm³/mol. The molecule has 3 aliphatic heterocycles. The van der Waals surface area contributed by atoms with E-state index in [1.807, 2.05) is 0 Å². The van der Waals surface area contributed by atoms with Crippen molar-refractivity contribution in [2.45, 2.75) is 12.5 Å². The van der Waals surface area contributed by atoms with Gasteiger partial charge in [-0.3, -0.25) is 9.80 Å². The number of hydrogen-bond acceptors (Lipinski definition) is 5. The lowest BCUT2D eigenvalue weighted by Gasteiger charge is -2.46. The molecule has 1 aromatic rings. The fourth-order valence-corrected chi connectivity index (χ4v) is 3.57. The van der Waals surface area contributed by atoms with Crippen molar-refractivity contribution in [2.75, 3.05) is 39.3 Å². The molecule has 4 nitrogen and oxygen atoms in total. The third kappa shape index (κ3) is 1.88. The molecule has 2 N–H and O–H groups in total. The highest BCUT2D eigenvalue weighted by molar-refractivity contribution is 7.09. The van der Waals surface area contributed by atoms with Gasteiger partial charge in [0.1, 0.15) is 5.01 Å². The lowest BCUT2D eigenvalue weighted by Crippen LogP contribution is -2.56. The maximum atomic E-state index is 5.55. The van der Waals surface area contributed by atoms with E-state index in [0.717, 1.165) is 13.0 Å². The van der Waals surface area contributed by atoms with E-state index in [9.17, 15) is 0 Å². The van der Waals surface area contributed by atoms with Gasteiger partial charge in [-0.2, -0.15) is 0 Å². The van der Waals surface area contributed by atoms with Crippen LogP contribution in [0.1, 0.15) is 16.7 Å². The molecule has 3 saturated heterocycles. The number of fused-ring (bicyclic) bond motifs is 3. The van der Waals surface area contributed by atoms with Gasteiger partial charge in [0.2, 0.25) is 0 Å². The maximum Gasteiger partial charge on any atom is 0.111 e. The minimum atomic E-state index is 0.541. The molecule has 0 amide bonds. The molecule has 4 rings (SSSR count). The summed E-state index contributed by atoms with van der Waals surface area (Å²) >= 11 is 1.80. The van der Waals surface area contributed by atoms with Crippen LogP contribution in [0.15, 0.2) is 5.38 Å². The van der Waals surface area contributed by atoms with Gasteiger partial charge in [-0.15, -0.1) is 11.3 Å². The van der Waals surface area contributed by atoms with Crippen LogP contribution >= 0.6 is 11.3 Å². The quantitative estimate of drug-likeness (QED) is 0.823. The fraction of sp³-hybridized carbons (Fsp3) is 0.727. The lowest BCUT2D eigenvalue weighted by molar-refractivity contribution is 0.0122. The highest BCUT2D eigenvalue weighted by Crippen LogP contribution is 2.30. The summed E-state index contributed by atoms with van der Waals surface area (Å²) in [5.41, 5.74) is 6.72. The summed E-state index contributed by atoms with van der Waals surface area (Å²) in [6.45, 7) is 6.74. The minimum absolute atomic E-state index is 0.541. The topological polar surface area (TPSA) is 45.4 Å². The first-order chi connectivity index (χ1) is 7.86. The minimum Gasteiger partial charge on any atom is -0.330 e. The highest BCUT2D eigenvalue weighted by Gasteiger charge is 2.34. The Bertz CT molecular complexity index is 357. The van der Waals surface area contributed by atoms with E-state index in [2.05, 4.69) is 15.2 Å². The fourth-order valence-electron chi connectivity index (χ4n) is 2.59. The average molecular weight is 238 g/mol. The average Bonchev–Trinajstić information content (AvgIpc) is 2.80. The van der Waals surface area contributed by atoms with Gasteiger partial charge < -0.3 is 5.73 Å². The van der Waals surface area contributed by atoms with Crippen LogP contribution in [0.2, 0.25) is 0 Å². The zero-order valence-corrected chi connectivity index (χ0v) is 10.2. The van der Waals surface area contributed by atoms with Gasteiger partial charge in [0.05, 0.1) is 11.7 Å². The van der Waals surface area contributed by atoms with Gasteiger partial charge in [0.25, 0.3) is 0 Å². The molecule has 0 aliphatic carbocycles. The van der Waals surface area contributed by atoms with E-state index in [0.29, 0.717) is 12.6 Å². The van der Waals surface area contributed by atoms with Crippen molar-refractivity contribution in [1.29, 1.82) is 0 Å². The second-order valence-electron chi connectivity index (χ2n) is 4.57. The Morgan fingerprint density at radius 2 is 2.19 bits per heavy atom. The SMILES string of the molecule is NCCc1csc(C2CN3CCN2CC3)n1. The largest absolute Gasteiger partial charge is 0.330 e. The number of hydrogen-bond donors (Lipinski definition) is 1. The number of aromatic nitrogens is 1. The molecule has 3 aliphatic rings. The predicted octanol–water partition coefficient (Wildman–Crippen LogP) is 0.317. The van der Waals surface area contributed by atoms with Crippen molar-refractivity contribution >= 4 is 11.3 Å². The molecule has 16 heavy (non-hydrogen) atoms. The number of nitrogens with zero attached hydrogens (tertiary/aromatic N) is 3. The monoisotopic (exact) mass is 238 g/mol. The zero-order chi connectivity index (χ0) is 11.0. The molecule has 2 bridgehead atoms. The van der Waals surface area contributed by atoms with E-state index < -0.39 is 0 Å². The van der Waals surface area contributed by atoms with Gasteiger partial charge in [0.15, 0.2) is 0 Å². The van der Waals surface area contributed by atoms with Gasteiger partial charge in [-0.25, -0.2) is 4.98 Å². The van der Waals surface area contributed by atoms with Crippen LogP contribution in [0.4, 0.5) is 0 Å². The summed E-state index contributed by atoms with van der Waals surface area (Å²) in [5, 5.41) is 3.45. The highest BCUT2D eigenvalue weighted by atomic mass is 32.1. The van der Waals surface area contributed by atoms with Crippen molar-refractivity contribution in [3.63, 3.8) is 0 Å². The molecule has 5 heteroatoms. The molecule has 4 heterocycles. The second-order valence-corrected chi connectivity index (χ2v) is 5.46. The number of rotatable bonds is 3. The normalized spacial score (nSPS) is 33.2. The third-order valence-electron chi connectivity index (χ3n) is 3.53. The van der Waals surface area contributed by atoms with Crippen molar-refractivity contribution < 1.29 is 0 Å². The van der Waals surface area contributed by atoms with Crippen LogP contribution in [0.5, 0.6) is 0 Å². The summed E-state index contributed by atoms with van der Waals surface area (Å²) in [7, 11) is 0. The Labute approximate surface area is 100 Å². The van der Waals surface area contributed by atoms with Crippen LogP contribution < -0.4 is 5.73 Å². The lowest BCUT2D eigenvalue weighted by atomic mass is 10.1. The first-order valence-electron chi connectivity index (χ1n) is 5.97. The molecule has 0 radical (unpaired) electrons. The van der Waals surface area contributed by atoms with Gasteiger partial charge >= 0.3 is 0 Å². The van der Waals surface area contributed by atoms with Crippen LogP contribution in [-0.2, 0) is 6.42 Å². The molecule has 3 fully saturated rings. The Morgan fingerprint density at radius 3 is 2.81 bits per heavy atom. The van der Waals surface area contributed by atoms with Crippen LogP contribution in [0.3, 0.4) is 0 Å². The first-order valence-corrected chi connectivity index (χ1v) is 6.85. The number of piperazine rings is 3. The van der Waals surface area contributed by atoms with E-state index >= 15 is 0 Å². The molecule has 0 spiro atoms. The molecule has 1 unspecified atom stereocenters. The summed E-state index contributed by atoms with van der Waals surface area (Å²) in [6.07, 6.45) is 0.910. The number of thiazole rings is 1. The van der Waals surface area contributed by atoms with Crippen LogP contribution in [-0.4, -0.2) is 54.1 Å². The van der Waals surface area contributed by atoms with Crippen molar-refractivity contribution in [2.24, 2.45) is 5.73 Å². The summed E-state index contributed by atoms with van der Waals surface area (Å²) in [6, 6.07) is 0.541. The van der Waals surface area contributed by atoms with Crippen molar-refractivity contribution in [1.82, 2.24) is 14.8 Å². The molecule has 1 atom stereocenters. The van der Waals surface area contributed by atoms with Gasteiger partial charge in [-0.05, 0) is 6.54 Å². The molecule has 1 aromatic heterocycles. The second kappa shape index (κ2) is 4.41. The Morgan fingerprint density at radius 1 is 1.38 bits per heavy atom. The standard InChI is InChI=1S/C11H18N4S/c12-2-1-9-8-16-11(13-9)10-7-14-3-5-15(10)6-4-14/h8,10H,1-7,12H2. The van der Waals surface area contributed by atoms with Crippen LogP contribution in [0.25, 0.3) is 0 Å².